The third kappa shape index (κ3) is 3.57. The molecule has 0 saturated heterocycles. The van der Waals surface area contributed by atoms with Crippen LogP contribution in [0.15, 0.2) is 123 Å². The Bertz CT molecular complexity index is 1940. The van der Waals surface area contributed by atoms with E-state index in [1.165, 1.54) is 43.6 Å². The van der Waals surface area contributed by atoms with Gasteiger partial charge in [-0.2, -0.15) is 0 Å². The van der Waals surface area contributed by atoms with Crippen molar-refractivity contribution < 1.29 is 0 Å². The van der Waals surface area contributed by atoms with E-state index in [2.05, 4.69) is 120 Å². The second kappa shape index (κ2) is 9.57. The molecule has 0 radical (unpaired) electrons. The smallest absolute Gasteiger partial charge is 0.0549 e. The lowest BCUT2D eigenvalue weighted by molar-refractivity contribution is 0.997. The minimum atomic E-state index is 0.870. The molecule has 6 aromatic rings. The number of hydrogen-bond acceptors (Lipinski definition) is 0. The van der Waals surface area contributed by atoms with Gasteiger partial charge in [-0.3, -0.25) is 0 Å². The molecule has 0 saturated carbocycles. The van der Waals surface area contributed by atoms with Gasteiger partial charge in [-0.1, -0.05) is 105 Å². The first-order chi connectivity index (χ1) is 18.7. The van der Waals surface area contributed by atoms with Gasteiger partial charge in [0.2, 0.25) is 0 Å². The number of nitrogens with zero attached hydrogens (tertiary/aromatic N) is 2. The van der Waals surface area contributed by atoms with Crippen molar-refractivity contribution in [3.05, 3.63) is 135 Å². The molecule has 2 heterocycles. The Kier molecular flexibility index (Phi) is 5.94. The highest BCUT2D eigenvalue weighted by molar-refractivity contribution is 6.19. The van der Waals surface area contributed by atoms with Crippen molar-refractivity contribution in [2.45, 2.75) is 12.8 Å². The third-order valence-corrected chi connectivity index (χ3v) is 7.44. The van der Waals surface area contributed by atoms with E-state index in [1.807, 2.05) is 24.3 Å². The Morgan fingerprint density at radius 3 is 2.11 bits per heavy atom. The average molecular weight is 491 g/mol. The molecule has 0 unspecified atom stereocenters. The summed E-state index contributed by atoms with van der Waals surface area (Å²) in [6, 6.07) is 28.3. The predicted octanol–water partition coefficient (Wildman–Crippen LogP) is 10.2. The van der Waals surface area contributed by atoms with Crippen LogP contribution in [0, 0.1) is 0 Å². The zero-order valence-electron chi connectivity index (χ0n) is 21.5. The molecule has 4 aromatic carbocycles. The van der Waals surface area contributed by atoms with Crippen molar-refractivity contribution in [3.63, 3.8) is 0 Å². The fourth-order valence-corrected chi connectivity index (χ4v) is 5.75. The number of fused-ring (bicyclic) bond motifs is 6. The molecule has 2 heteroatoms. The van der Waals surface area contributed by atoms with Crippen LogP contribution in [-0.4, -0.2) is 9.13 Å². The van der Waals surface area contributed by atoms with Gasteiger partial charge in [0.1, 0.15) is 0 Å². The molecule has 0 aliphatic rings. The Balaban J connectivity index is 1.71. The normalized spacial score (nSPS) is 11.7. The van der Waals surface area contributed by atoms with Gasteiger partial charge in [0.05, 0.1) is 27.8 Å². The number of benzene rings is 4. The predicted molar refractivity (Wildman–Crippen MR) is 168 cm³/mol. The number of hydrogen-bond donors (Lipinski definition) is 0. The van der Waals surface area contributed by atoms with Crippen LogP contribution in [0.5, 0.6) is 0 Å². The van der Waals surface area contributed by atoms with Gasteiger partial charge in [0.15, 0.2) is 0 Å². The van der Waals surface area contributed by atoms with Crippen LogP contribution >= 0.6 is 0 Å². The van der Waals surface area contributed by atoms with Crippen LogP contribution in [0.3, 0.4) is 0 Å². The van der Waals surface area contributed by atoms with Crippen molar-refractivity contribution in [1.82, 2.24) is 9.13 Å². The Morgan fingerprint density at radius 1 is 0.684 bits per heavy atom. The van der Waals surface area contributed by atoms with E-state index in [1.54, 1.807) is 0 Å². The topological polar surface area (TPSA) is 9.86 Å². The highest BCUT2D eigenvalue weighted by Crippen LogP contribution is 2.40. The lowest BCUT2D eigenvalue weighted by Crippen LogP contribution is -1.98. The highest BCUT2D eigenvalue weighted by Gasteiger charge is 2.19. The Labute approximate surface area is 223 Å². The van der Waals surface area contributed by atoms with Crippen molar-refractivity contribution in [1.29, 1.82) is 0 Å². The monoisotopic (exact) mass is 490 g/mol. The van der Waals surface area contributed by atoms with E-state index in [-0.39, 0.29) is 0 Å². The molecule has 0 fully saturated rings. The van der Waals surface area contributed by atoms with E-state index in [4.69, 9.17) is 0 Å². The van der Waals surface area contributed by atoms with Gasteiger partial charge >= 0.3 is 0 Å². The summed E-state index contributed by atoms with van der Waals surface area (Å²) in [6.07, 6.45) is 11.6. The van der Waals surface area contributed by atoms with Gasteiger partial charge < -0.3 is 9.13 Å². The van der Waals surface area contributed by atoms with Gasteiger partial charge in [0, 0.05) is 32.8 Å². The summed E-state index contributed by atoms with van der Waals surface area (Å²) in [5.74, 6) is 0. The maximum absolute atomic E-state index is 4.51. The first-order valence-electron chi connectivity index (χ1n) is 13.0. The highest BCUT2D eigenvalue weighted by atomic mass is 15.0. The van der Waals surface area contributed by atoms with Crippen molar-refractivity contribution in [2.75, 3.05) is 0 Å². The van der Waals surface area contributed by atoms with Crippen LogP contribution in [0.2, 0.25) is 0 Å². The van der Waals surface area contributed by atoms with Crippen LogP contribution in [0.25, 0.3) is 67.1 Å². The molecule has 0 N–H and O–H groups in total. The van der Waals surface area contributed by atoms with E-state index in [9.17, 15) is 0 Å². The maximum atomic E-state index is 4.51. The molecule has 0 amide bonds. The maximum Gasteiger partial charge on any atom is 0.0549 e. The summed E-state index contributed by atoms with van der Waals surface area (Å²) in [4.78, 5) is 0. The number of allylic oxidation sites excluding steroid dienone is 4. The largest absolute Gasteiger partial charge is 0.314 e. The lowest BCUT2D eigenvalue weighted by atomic mass is 10.0. The molecule has 184 valence electrons. The summed E-state index contributed by atoms with van der Waals surface area (Å²) in [5.41, 5.74) is 9.05. The lowest BCUT2D eigenvalue weighted by Gasteiger charge is -2.14. The van der Waals surface area contributed by atoms with Crippen molar-refractivity contribution in [2.24, 2.45) is 0 Å². The molecule has 2 nitrogen and oxygen atoms in total. The van der Waals surface area contributed by atoms with Crippen LogP contribution in [-0.2, 0) is 0 Å². The van der Waals surface area contributed by atoms with Gasteiger partial charge in [-0.25, -0.2) is 0 Å². The molecular formula is C36H30N2. The molecular weight excluding hydrogens is 460 g/mol. The van der Waals surface area contributed by atoms with Crippen molar-refractivity contribution >= 4 is 61.5 Å². The summed E-state index contributed by atoms with van der Waals surface area (Å²) >= 11 is 0. The number of rotatable bonds is 8. The number of para-hydroxylation sites is 2. The van der Waals surface area contributed by atoms with Gasteiger partial charge in [0.25, 0.3) is 0 Å². The fourth-order valence-electron chi connectivity index (χ4n) is 5.75. The van der Waals surface area contributed by atoms with E-state index < -0.39 is 0 Å². The first kappa shape index (κ1) is 23.6. The molecule has 6 rings (SSSR count). The first-order valence-corrected chi connectivity index (χ1v) is 13.0. The average Bonchev–Trinajstić information content (AvgIpc) is 3.45. The minimum absolute atomic E-state index is 0.870. The molecule has 38 heavy (non-hydrogen) atoms. The van der Waals surface area contributed by atoms with Crippen molar-refractivity contribution in [3.8, 4) is 5.69 Å². The second-order valence-corrected chi connectivity index (χ2v) is 9.55. The van der Waals surface area contributed by atoms with Gasteiger partial charge in [-0.05, 0) is 48.7 Å². The summed E-state index contributed by atoms with van der Waals surface area (Å²) in [5, 5.41) is 4.89. The fraction of sp³-hybridized carbons (Fsp3) is 0.0556. The zero-order valence-corrected chi connectivity index (χ0v) is 21.5. The number of aromatic nitrogens is 2. The molecule has 0 aliphatic carbocycles. The van der Waals surface area contributed by atoms with Crippen LogP contribution in [0.4, 0.5) is 0 Å². The second-order valence-electron chi connectivity index (χ2n) is 9.55. The quantitative estimate of drug-likeness (QED) is 0.188. The van der Waals surface area contributed by atoms with Gasteiger partial charge in [-0.15, -0.1) is 0 Å². The molecule has 0 spiro atoms. The standard InChI is InChI=1S/C36H30N2/c1-5-8-9-10-16-25(4)37-33-20-13-11-18-28(33)30-24-36-31(23-35(30)37)29-19-12-14-21-34(29)38(36)32-22-15-17-26(6-2)27(32)7-3/h5-9,11-15,17-24H,1-4,10,16H2/b9-8+. The van der Waals surface area contributed by atoms with Crippen LogP contribution in [0.1, 0.15) is 24.0 Å². The Hall–Kier alpha value is -4.82. The summed E-state index contributed by atoms with van der Waals surface area (Å²) < 4.78 is 4.71. The third-order valence-electron chi connectivity index (χ3n) is 7.44. The minimum Gasteiger partial charge on any atom is -0.314 e. The van der Waals surface area contributed by atoms with Crippen LogP contribution < -0.4 is 0 Å². The molecule has 2 aromatic heterocycles. The zero-order chi connectivity index (χ0) is 26.2. The summed E-state index contributed by atoms with van der Waals surface area (Å²) in [7, 11) is 0. The molecule has 0 aliphatic heterocycles. The van der Waals surface area contributed by atoms with E-state index >= 15 is 0 Å². The van der Waals surface area contributed by atoms with E-state index in [0.717, 1.165) is 35.4 Å². The Morgan fingerprint density at radius 2 is 1.37 bits per heavy atom. The molecule has 0 atom stereocenters. The summed E-state index contributed by atoms with van der Waals surface area (Å²) in [6.45, 7) is 16.5. The van der Waals surface area contributed by atoms with E-state index in [0.29, 0.717) is 0 Å². The molecule has 0 bridgehead atoms. The SMILES string of the molecule is C=C/C=C/CCC(=C)n1c2ccccc2c2cc3c(cc21)c1ccccc1n3-c1cccc(C=C)c1C=C.